The lowest BCUT2D eigenvalue weighted by atomic mass is 10.1. The van der Waals surface area contributed by atoms with Crippen molar-refractivity contribution in [3.63, 3.8) is 0 Å². The molecule has 27 heavy (non-hydrogen) atoms. The number of aromatic nitrogens is 2. The van der Waals surface area contributed by atoms with Crippen LogP contribution in [-0.4, -0.2) is 30.4 Å². The summed E-state index contributed by atoms with van der Waals surface area (Å²) in [6.45, 7) is 0. The van der Waals surface area contributed by atoms with Gasteiger partial charge in [-0.1, -0.05) is 30.3 Å². The fourth-order valence-corrected chi connectivity index (χ4v) is 3.75. The van der Waals surface area contributed by atoms with E-state index in [4.69, 9.17) is 0 Å². The summed E-state index contributed by atoms with van der Waals surface area (Å²) in [4.78, 5) is 38.4. The molecular formula is C17H14N3O6S-. The van der Waals surface area contributed by atoms with Crippen molar-refractivity contribution < 1.29 is 18.3 Å². The second kappa shape index (κ2) is 7.17. The third kappa shape index (κ3) is 4.13. The summed E-state index contributed by atoms with van der Waals surface area (Å²) >= 11 is 0. The Bertz CT molecular complexity index is 1210. The van der Waals surface area contributed by atoms with Gasteiger partial charge in [0.05, 0.1) is 27.9 Å². The van der Waals surface area contributed by atoms with Crippen LogP contribution < -0.4 is 20.9 Å². The van der Waals surface area contributed by atoms with Gasteiger partial charge < -0.3 is 19.9 Å². The van der Waals surface area contributed by atoms with Gasteiger partial charge in [-0.2, -0.15) is 0 Å². The van der Waals surface area contributed by atoms with E-state index < -0.39 is 33.2 Å². The second-order valence-electron chi connectivity index (χ2n) is 5.80. The number of hydrogen-bond donors (Lipinski definition) is 3. The van der Waals surface area contributed by atoms with E-state index in [0.29, 0.717) is 5.56 Å². The molecule has 1 unspecified atom stereocenters. The first-order valence-corrected chi connectivity index (χ1v) is 9.28. The molecule has 0 radical (unpaired) electrons. The molecule has 0 fully saturated rings. The number of carbonyl (C=O) groups excluding carboxylic acids is 1. The summed E-state index contributed by atoms with van der Waals surface area (Å²) in [6, 6.07) is 10.6. The summed E-state index contributed by atoms with van der Waals surface area (Å²) in [5.41, 5.74) is -0.845. The molecule has 0 spiro atoms. The minimum Gasteiger partial charge on any atom is -0.548 e. The van der Waals surface area contributed by atoms with Crippen LogP contribution in [0.1, 0.15) is 5.56 Å². The van der Waals surface area contributed by atoms with Gasteiger partial charge in [-0.3, -0.25) is 9.59 Å². The molecule has 140 valence electrons. The van der Waals surface area contributed by atoms with Crippen LogP contribution >= 0.6 is 0 Å². The van der Waals surface area contributed by atoms with Gasteiger partial charge in [0.2, 0.25) is 10.0 Å². The molecule has 2 aromatic carbocycles. The SMILES string of the molecule is O=C([O-])C(Cc1ccccc1)NS(=O)(=O)c1ccc2[nH]c(=O)c(=O)[nH]c2c1. The monoisotopic (exact) mass is 388 g/mol. The molecule has 0 saturated carbocycles. The van der Waals surface area contributed by atoms with Crippen LogP contribution in [0.4, 0.5) is 0 Å². The lowest BCUT2D eigenvalue weighted by Gasteiger charge is -2.20. The van der Waals surface area contributed by atoms with E-state index in [0.717, 1.165) is 6.07 Å². The quantitative estimate of drug-likeness (QED) is 0.454. The van der Waals surface area contributed by atoms with E-state index in [1.165, 1.54) is 12.1 Å². The van der Waals surface area contributed by atoms with Gasteiger partial charge in [0.25, 0.3) is 0 Å². The number of aliphatic carboxylic acids is 1. The zero-order valence-corrected chi connectivity index (χ0v) is 14.6. The fraction of sp³-hybridized carbons (Fsp3) is 0.118. The van der Waals surface area contributed by atoms with Gasteiger partial charge in [-0.25, -0.2) is 13.1 Å². The minimum atomic E-state index is -4.22. The third-order valence-electron chi connectivity index (χ3n) is 3.87. The first-order chi connectivity index (χ1) is 12.8. The molecule has 0 bridgehead atoms. The van der Waals surface area contributed by atoms with Crippen LogP contribution in [0.25, 0.3) is 11.0 Å². The van der Waals surface area contributed by atoms with Crippen LogP contribution in [0.15, 0.2) is 63.0 Å². The average molecular weight is 388 g/mol. The maximum absolute atomic E-state index is 12.6. The maximum atomic E-state index is 12.6. The molecule has 10 heteroatoms. The number of nitrogens with one attached hydrogen (secondary N) is 3. The van der Waals surface area contributed by atoms with E-state index in [1.807, 2.05) is 0 Å². The number of aromatic amines is 2. The molecule has 3 aromatic rings. The molecule has 1 heterocycles. The van der Waals surface area contributed by atoms with Crippen molar-refractivity contribution in [1.82, 2.24) is 14.7 Å². The Morgan fingerprint density at radius 2 is 1.63 bits per heavy atom. The Hall–Kier alpha value is -3.24. The first kappa shape index (κ1) is 18.5. The number of carboxylic acid groups (broad SMARTS) is 1. The standard InChI is InChI=1S/C17H15N3O6S/c21-15-16(22)19-13-9-11(6-7-12(13)18-15)27(25,26)20-14(17(23)24)8-10-4-2-1-3-5-10/h1-7,9,14,20H,8H2,(H,18,21)(H,19,22)(H,23,24)/p-1. The predicted molar refractivity (Wildman–Crippen MR) is 94.5 cm³/mol. The Morgan fingerprint density at radius 3 is 2.26 bits per heavy atom. The van der Waals surface area contributed by atoms with Gasteiger partial charge in [0.1, 0.15) is 0 Å². The highest BCUT2D eigenvalue weighted by Gasteiger charge is 2.22. The number of rotatable bonds is 6. The normalized spacial score (nSPS) is 12.7. The molecule has 1 atom stereocenters. The lowest BCUT2D eigenvalue weighted by molar-refractivity contribution is -0.307. The molecule has 0 amide bonds. The number of hydrogen-bond acceptors (Lipinski definition) is 6. The summed E-state index contributed by atoms with van der Waals surface area (Å²) < 4.78 is 27.2. The lowest BCUT2D eigenvalue weighted by Crippen LogP contribution is -2.49. The van der Waals surface area contributed by atoms with Gasteiger partial charge in [-0.05, 0) is 30.2 Å². The molecule has 0 aliphatic rings. The highest BCUT2D eigenvalue weighted by Crippen LogP contribution is 2.15. The van der Waals surface area contributed by atoms with Crippen molar-refractivity contribution in [2.45, 2.75) is 17.4 Å². The van der Waals surface area contributed by atoms with Gasteiger partial charge >= 0.3 is 11.1 Å². The summed E-state index contributed by atoms with van der Waals surface area (Å²) in [5.74, 6) is -1.57. The van der Waals surface area contributed by atoms with Crippen molar-refractivity contribution in [3.8, 4) is 0 Å². The topological polar surface area (TPSA) is 152 Å². The molecule has 0 saturated heterocycles. The zero-order chi connectivity index (χ0) is 19.6. The van der Waals surface area contributed by atoms with Gasteiger partial charge in [0, 0.05) is 0 Å². The molecular weight excluding hydrogens is 374 g/mol. The van der Waals surface area contributed by atoms with Crippen LogP contribution in [-0.2, 0) is 21.2 Å². The van der Waals surface area contributed by atoms with Crippen LogP contribution in [0, 0.1) is 0 Å². The van der Waals surface area contributed by atoms with Gasteiger partial charge in [-0.15, -0.1) is 0 Å². The molecule has 3 rings (SSSR count). The number of fused-ring (bicyclic) bond motifs is 1. The highest BCUT2D eigenvalue weighted by molar-refractivity contribution is 7.89. The number of benzene rings is 2. The molecule has 9 nitrogen and oxygen atoms in total. The van der Waals surface area contributed by atoms with E-state index in [2.05, 4.69) is 14.7 Å². The van der Waals surface area contributed by atoms with E-state index in [-0.39, 0.29) is 22.3 Å². The second-order valence-corrected chi connectivity index (χ2v) is 7.51. The van der Waals surface area contributed by atoms with Crippen molar-refractivity contribution >= 4 is 27.0 Å². The molecule has 0 aliphatic heterocycles. The number of sulfonamides is 1. The van der Waals surface area contributed by atoms with E-state index in [1.54, 1.807) is 30.3 Å². The van der Waals surface area contributed by atoms with Crippen molar-refractivity contribution in [2.24, 2.45) is 0 Å². The predicted octanol–water partition coefficient (Wildman–Crippen LogP) is -1.14. The number of H-pyrrole nitrogens is 2. The minimum absolute atomic E-state index is 0.0931. The Balaban J connectivity index is 1.93. The molecule has 1 aromatic heterocycles. The summed E-state index contributed by atoms with van der Waals surface area (Å²) in [5, 5.41) is 11.4. The first-order valence-electron chi connectivity index (χ1n) is 7.80. The smallest absolute Gasteiger partial charge is 0.314 e. The maximum Gasteiger partial charge on any atom is 0.314 e. The molecule has 0 aliphatic carbocycles. The largest absolute Gasteiger partial charge is 0.548 e. The molecule has 3 N–H and O–H groups in total. The average Bonchev–Trinajstić information content (AvgIpc) is 2.62. The Kier molecular flexibility index (Phi) is 4.93. The van der Waals surface area contributed by atoms with Crippen LogP contribution in [0.2, 0.25) is 0 Å². The van der Waals surface area contributed by atoms with E-state index in [9.17, 15) is 27.9 Å². The van der Waals surface area contributed by atoms with Crippen molar-refractivity contribution in [1.29, 1.82) is 0 Å². The fourth-order valence-electron chi connectivity index (χ4n) is 2.54. The van der Waals surface area contributed by atoms with Crippen LogP contribution in [0.5, 0.6) is 0 Å². The van der Waals surface area contributed by atoms with Crippen molar-refractivity contribution in [2.75, 3.05) is 0 Å². The summed E-state index contributed by atoms with van der Waals surface area (Å²) in [6.07, 6.45) is -0.0971. The van der Waals surface area contributed by atoms with Gasteiger partial charge in [0.15, 0.2) is 0 Å². The zero-order valence-electron chi connectivity index (χ0n) is 13.8. The van der Waals surface area contributed by atoms with E-state index >= 15 is 0 Å². The highest BCUT2D eigenvalue weighted by atomic mass is 32.2. The Labute approximate surface area is 152 Å². The third-order valence-corrected chi connectivity index (χ3v) is 5.34. The number of carboxylic acids is 1. The van der Waals surface area contributed by atoms with Crippen LogP contribution in [0.3, 0.4) is 0 Å². The number of carbonyl (C=O) groups is 1. The van der Waals surface area contributed by atoms with Crippen molar-refractivity contribution in [3.05, 3.63) is 74.8 Å². The summed E-state index contributed by atoms with van der Waals surface area (Å²) in [7, 11) is -4.22. The Morgan fingerprint density at radius 1 is 1.00 bits per heavy atom.